The lowest BCUT2D eigenvalue weighted by atomic mass is 10.0. The van der Waals surface area contributed by atoms with Crippen LogP contribution < -0.4 is 5.32 Å². The number of carboxylic acids is 1. The molecule has 2 aliphatic rings. The lowest BCUT2D eigenvalue weighted by molar-refractivity contribution is -0.149. The predicted octanol–water partition coefficient (Wildman–Crippen LogP) is 2.34. The number of aliphatic carboxylic acids is 1. The van der Waals surface area contributed by atoms with Crippen LogP contribution >= 0.6 is 11.8 Å². The normalized spacial score (nSPS) is 22.8. The molecule has 1 aliphatic carbocycles. The number of rotatable bonds is 3. The zero-order valence-corrected chi connectivity index (χ0v) is 11.5. The molecule has 1 atom stereocenters. The Balaban J connectivity index is 1.82. The summed E-state index contributed by atoms with van der Waals surface area (Å²) >= 11 is 1.62. The SMILES string of the molecule is O=C(O)C1(C(=O)NC2CCSc3ccc(F)cc32)CC1. The molecule has 1 amide bonds. The van der Waals surface area contributed by atoms with Crippen molar-refractivity contribution in [1.82, 2.24) is 5.32 Å². The highest BCUT2D eigenvalue weighted by atomic mass is 32.2. The van der Waals surface area contributed by atoms with Gasteiger partial charge >= 0.3 is 5.97 Å². The molecule has 1 heterocycles. The topological polar surface area (TPSA) is 66.4 Å². The summed E-state index contributed by atoms with van der Waals surface area (Å²) in [5.74, 6) is -1.04. The number of carboxylic acid groups (broad SMARTS) is 1. The van der Waals surface area contributed by atoms with Gasteiger partial charge in [-0.05, 0) is 43.0 Å². The molecule has 1 aromatic rings. The summed E-state index contributed by atoms with van der Waals surface area (Å²) in [6.07, 6.45) is 1.44. The number of thioether (sulfide) groups is 1. The van der Waals surface area contributed by atoms with Gasteiger partial charge in [-0.15, -0.1) is 11.8 Å². The third kappa shape index (κ3) is 2.18. The highest BCUT2D eigenvalue weighted by Gasteiger charge is 2.57. The van der Waals surface area contributed by atoms with Crippen LogP contribution in [0.2, 0.25) is 0 Å². The van der Waals surface area contributed by atoms with E-state index in [9.17, 15) is 14.0 Å². The number of carbonyl (C=O) groups is 2. The van der Waals surface area contributed by atoms with Crippen molar-refractivity contribution in [1.29, 1.82) is 0 Å². The fraction of sp³-hybridized carbons (Fsp3) is 0.429. The van der Waals surface area contributed by atoms with Crippen molar-refractivity contribution in [2.45, 2.75) is 30.2 Å². The van der Waals surface area contributed by atoms with E-state index in [1.54, 1.807) is 17.8 Å². The number of nitrogens with one attached hydrogen (secondary N) is 1. The van der Waals surface area contributed by atoms with Crippen LogP contribution in [0.3, 0.4) is 0 Å². The number of amides is 1. The highest BCUT2D eigenvalue weighted by Crippen LogP contribution is 2.47. The quantitative estimate of drug-likeness (QED) is 0.840. The first-order valence-corrected chi connectivity index (χ1v) is 7.48. The van der Waals surface area contributed by atoms with E-state index in [-0.39, 0.29) is 11.9 Å². The van der Waals surface area contributed by atoms with Gasteiger partial charge in [0.1, 0.15) is 11.2 Å². The number of fused-ring (bicyclic) bond motifs is 1. The standard InChI is InChI=1S/C14H14FNO3S/c15-8-1-2-11-9(7-8)10(3-6-20-11)16-12(17)14(4-5-14)13(18)19/h1-2,7,10H,3-6H2,(H,16,17)(H,18,19). The molecule has 106 valence electrons. The van der Waals surface area contributed by atoms with E-state index in [0.717, 1.165) is 16.2 Å². The largest absolute Gasteiger partial charge is 0.480 e. The van der Waals surface area contributed by atoms with Gasteiger partial charge in [0.15, 0.2) is 0 Å². The van der Waals surface area contributed by atoms with Crippen LogP contribution in [-0.2, 0) is 9.59 Å². The fourth-order valence-corrected chi connectivity index (χ4v) is 3.58. The molecule has 0 spiro atoms. The Morgan fingerprint density at radius 1 is 1.40 bits per heavy atom. The van der Waals surface area contributed by atoms with Gasteiger partial charge in [0, 0.05) is 10.6 Å². The van der Waals surface area contributed by atoms with Gasteiger partial charge in [-0.1, -0.05) is 0 Å². The summed E-state index contributed by atoms with van der Waals surface area (Å²) < 4.78 is 13.4. The number of benzene rings is 1. The summed E-state index contributed by atoms with van der Waals surface area (Å²) in [4.78, 5) is 24.2. The van der Waals surface area contributed by atoms with Crippen LogP contribution in [-0.4, -0.2) is 22.7 Å². The van der Waals surface area contributed by atoms with Gasteiger partial charge in [-0.3, -0.25) is 9.59 Å². The Hall–Kier alpha value is -1.56. The molecule has 2 N–H and O–H groups in total. The lowest BCUT2D eigenvalue weighted by Crippen LogP contribution is -2.40. The van der Waals surface area contributed by atoms with E-state index in [0.29, 0.717) is 19.3 Å². The average Bonchev–Trinajstić information content (AvgIpc) is 3.21. The van der Waals surface area contributed by atoms with Crippen molar-refractivity contribution >= 4 is 23.6 Å². The Morgan fingerprint density at radius 2 is 2.15 bits per heavy atom. The first-order valence-electron chi connectivity index (χ1n) is 6.49. The molecule has 1 saturated carbocycles. The van der Waals surface area contributed by atoms with E-state index in [1.807, 2.05) is 0 Å². The number of hydrogen-bond donors (Lipinski definition) is 2. The predicted molar refractivity (Wildman–Crippen MR) is 71.9 cm³/mol. The molecule has 3 rings (SSSR count). The third-order valence-electron chi connectivity index (χ3n) is 3.91. The van der Waals surface area contributed by atoms with Gasteiger partial charge < -0.3 is 10.4 Å². The van der Waals surface area contributed by atoms with Crippen molar-refractivity contribution in [3.63, 3.8) is 0 Å². The van der Waals surface area contributed by atoms with Gasteiger partial charge in [-0.2, -0.15) is 0 Å². The zero-order chi connectivity index (χ0) is 14.3. The molecule has 4 nitrogen and oxygen atoms in total. The number of carbonyl (C=O) groups excluding carboxylic acids is 1. The zero-order valence-electron chi connectivity index (χ0n) is 10.7. The van der Waals surface area contributed by atoms with Crippen molar-refractivity contribution in [3.8, 4) is 0 Å². The molecule has 20 heavy (non-hydrogen) atoms. The second-order valence-electron chi connectivity index (χ2n) is 5.23. The molecule has 6 heteroatoms. The van der Waals surface area contributed by atoms with Crippen molar-refractivity contribution in [2.75, 3.05) is 5.75 Å². The third-order valence-corrected chi connectivity index (χ3v) is 5.03. The fourth-order valence-electron chi connectivity index (χ4n) is 2.47. The maximum absolute atomic E-state index is 13.4. The summed E-state index contributed by atoms with van der Waals surface area (Å²) in [6.45, 7) is 0. The molecule has 0 radical (unpaired) electrons. The monoisotopic (exact) mass is 295 g/mol. The Morgan fingerprint density at radius 3 is 2.80 bits per heavy atom. The minimum Gasteiger partial charge on any atom is -0.480 e. The molecule has 0 aromatic heterocycles. The van der Waals surface area contributed by atoms with Crippen molar-refractivity contribution < 1.29 is 19.1 Å². The Kier molecular flexibility index (Phi) is 3.20. The number of halogens is 1. The summed E-state index contributed by atoms with van der Waals surface area (Å²) in [5, 5.41) is 11.9. The van der Waals surface area contributed by atoms with Crippen LogP contribution in [0.4, 0.5) is 4.39 Å². The van der Waals surface area contributed by atoms with Gasteiger partial charge in [-0.25, -0.2) is 4.39 Å². The van der Waals surface area contributed by atoms with E-state index in [2.05, 4.69) is 5.32 Å². The molecule has 1 fully saturated rings. The van der Waals surface area contributed by atoms with Crippen LogP contribution in [0.25, 0.3) is 0 Å². The summed E-state index contributed by atoms with van der Waals surface area (Å²) in [6, 6.07) is 4.23. The molecular weight excluding hydrogens is 281 g/mol. The minimum atomic E-state index is -1.25. The Bertz CT molecular complexity index is 586. The second-order valence-corrected chi connectivity index (χ2v) is 6.37. The highest BCUT2D eigenvalue weighted by molar-refractivity contribution is 7.99. The van der Waals surface area contributed by atoms with E-state index >= 15 is 0 Å². The maximum Gasteiger partial charge on any atom is 0.319 e. The first kappa shape index (κ1) is 13.4. The van der Waals surface area contributed by atoms with Crippen molar-refractivity contribution in [2.24, 2.45) is 5.41 Å². The molecule has 1 unspecified atom stereocenters. The molecule has 1 aromatic carbocycles. The van der Waals surface area contributed by atoms with E-state index in [4.69, 9.17) is 5.11 Å². The average molecular weight is 295 g/mol. The van der Waals surface area contributed by atoms with Crippen LogP contribution in [0.1, 0.15) is 30.9 Å². The lowest BCUT2D eigenvalue weighted by Gasteiger charge is -2.27. The van der Waals surface area contributed by atoms with E-state index < -0.39 is 17.3 Å². The summed E-state index contributed by atoms with van der Waals surface area (Å²) in [7, 11) is 0. The first-order chi connectivity index (χ1) is 9.53. The number of hydrogen-bond acceptors (Lipinski definition) is 3. The van der Waals surface area contributed by atoms with E-state index in [1.165, 1.54) is 12.1 Å². The minimum absolute atomic E-state index is 0.300. The molecule has 0 saturated heterocycles. The molecule has 0 bridgehead atoms. The van der Waals surface area contributed by atoms with Crippen LogP contribution in [0.15, 0.2) is 23.1 Å². The van der Waals surface area contributed by atoms with Gasteiger partial charge in [0.05, 0.1) is 6.04 Å². The van der Waals surface area contributed by atoms with Gasteiger partial charge in [0.25, 0.3) is 0 Å². The second kappa shape index (κ2) is 4.77. The molecule has 1 aliphatic heterocycles. The van der Waals surface area contributed by atoms with Crippen LogP contribution in [0.5, 0.6) is 0 Å². The Labute approximate surface area is 119 Å². The molecular formula is C14H14FNO3S. The van der Waals surface area contributed by atoms with Crippen LogP contribution in [0, 0.1) is 11.2 Å². The maximum atomic E-state index is 13.4. The van der Waals surface area contributed by atoms with Crippen molar-refractivity contribution in [3.05, 3.63) is 29.6 Å². The summed E-state index contributed by atoms with van der Waals surface area (Å²) in [5.41, 5.74) is -0.506. The smallest absolute Gasteiger partial charge is 0.319 e. The van der Waals surface area contributed by atoms with Gasteiger partial charge in [0.2, 0.25) is 5.91 Å².